The molecule has 0 radical (unpaired) electrons. The fraction of sp³-hybridized carbons (Fsp3) is 0.867. The van der Waals surface area contributed by atoms with Crippen LogP contribution in [0, 0.1) is 5.41 Å². The van der Waals surface area contributed by atoms with Gasteiger partial charge in [0.2, 0.25) is 5.91 Å². The highest BCUT2D eigenvalue weighted by Crippen LogP contribution is 2.40. The zero-order valence-electron chi connectivity index (χ0n) is 12.6. The predicted molar refractivity (Wildman–Crippen MR) is 76.4 cm³/mol. The summed E-state index contributed by atoms with van der Waals surface area (Å²) in [6, 6.07) is 0. The molecule has 2 N–H and O–H groups in total. The van der Waals surface area contributed by atoms with E-state index < -0.39 is 16.9 Å². The Labute approximate surface area is 120 Å². The Hall–Kier alpha value is -1.10. The van der Waals surface area contributed by atoms with Crippen molar-refractivity contribution >= 4 is 11.9 Å². The van der Waals surface area contributed by atoms with E-state index in [-0.39, 0.29) is 5.91 Å². The van der Waals surface area contributed by atoms with Crippen molar-refractivity contribution < 1.29 is 14.7 Å². The van der Waals surface area contributed by atoms with Crippen LogP contribution < -0.4 is 5.32 Å². The van der Waals surface area contributed by atoms with Crippen molar-refractivity contribution in [3.63, 3.8) is 0 Å². The van der Waals surface area contributed by atoms with Crippen LogP contribution in [-0.4, -0.2) is 47.1 Å². The Bertz CT molecular complexity index is 391. The highest BCUT2D eigenvalue weighted by Gasteiger charge is 2.53. The van der Waals surface area contributed by atoms with Crippen LogP contribution in [0.5, 0.6) is 0 Å². The first-order chi connectivity index (χ1) is 9.52. The van der Waals surface area contributed by atoms with Crippen LogP contribution >= 0.6 is 0 Å². The molecular formula is C15H26N2O3. The normalized spacial score (nSPS) is 33.6. The second-order valence-corrected chi connectivity index (χ2v) is 6.21. The Morgan fingerprint density at radius 2 is 2.05 bits per heavy atom. The molecule has 2 rings (SSSR count). The van der Waals surface area contributed by atoms with Gasteiger partial charge in [0.25, 0.3) is 0 Å². The summed E-state index contributed by atoms with van der Waals surface area (Å²) >= 11 is 0. The zero-order chi connectivity index (χ0) is 14.8. The quantitative estimate of drug-likeness (QED) is 0.804. The van der Waals surface area contributed by atoms with Crippen molar-refractivity contribution in [3.8, 4) is 0 Å². The van der Waals surface area contributed by atoms with E-state index in [1.165, 1.54) is 0 Å². The first-order valence-corrected chi connectivity index (χ1v) is 7.78. The van der Waals surface area contributed by atoms with Crippen LogP contribution in [0.3, 0.4) is 0 Å². The predicted octanol–water partition coefficient (Wildman–Crippen LogP) is 1.62. The molecule has 20 heavy (non-hydrogen) atoms. The van der Waals surface area contributed by atoms with Gasteiger partial charge in [-0.05, 0) is 38.6 Å². The van der Waals surface area contributed by atoms with Crippen LogP contribution in [0.25, 0.3) is 0 Å². The molecule has 0 bridgehead atoms. The number of hydrogen-bond donors (Lipinski definition) is 2. The van der Waals surface area contributed by atoms with Crippen molar-refractivity contribution in [3.05, 3.63) is 0 Å². The molecule has 2 heterocycles. The fourth-order valence-corrected chi connectivity index (χ4v) is 3.84. The van der Waals surface area contributed by atoms with Gasteiger partial charge in [-0.2, -0.15) is 0 Å². The van der Waals surface area contributed by atoms with Crippen LogP contribution in [-0.2, 0) is 9.59 Å². The van der Waals surface area contributed by atoms with Crippen LogP contribution in [0.15, 0.2) is 0 Å². The van der Waals surface area contributed by atoms with Gasteiger partial charge in [0.1, 0.15) is 5.54 Å². The van der Waals surface area contributed by atoms with Gasteiger partial charge in [-0.25, -0.2) is 4.79 Å². The van der Waals surface area contributed by atoms with E-state index in [0.717, 1.165) is 32.2 Å². The molecule has 0 aliphatic carbocycles. The molecule has 0 aromatic heterocycles. The average molecular weight is 282 g/mol. The van der Waals surface area contributed by atoms with Gasteiger partial charge >= 0.3 is 5.97 Å². The van der Waals surface area contributed by atoms with Crippen molar-refractivity contribution in [2.24, 2.45) is 5.41 Å². The molecule has 0 spiro atoms. The van der Waals surface area contributed by atoms with Gasteiger partial charge in [0.15, 0.2) is 0 Å². The van der Waals surface area contributed by atoms with Gasteiger partial charge in [0, 0.05) is 13.1 Å². The number of carboxylic acids is 1. The minimum absolute atomic E-state index is 0.0540. The molecule has 2 aliphatic heterocycles. The highest BCUT2D eigenvalue weighted by atomic mass is 16.4. The Morgan fingerprint density at radius 3 is 2.55 bits per heavy atom. The summed E-state index contributed by atoms with van der Waals surface area (Å²) in [5.41, 5.74) is -1.35. The topological polar surface area (TPSA) is 69.6 Å². The van der Waals surface area contributed by atoms with Crippen molar-refractivity contribution in [1.29, 1.82) is 0 Å². The minimum Gasteiger partial charge on any atom is -0.479 e. The lowest BCUT2D eigenvalue weighted by molar-refractivity contribution is -0.161. The van der Waals surface area contributed by atoms with E-state index in [2.05, 4.69) is 5.32 Å². The molecule has 2 saturated heterocycles. The van der Waals surface area contributed by atoms with Crippen LogP contribution in [0.1, 0.15) is 52.4 Å². The molecule has 0 aromatic rings. The monoisotopic (exact) mass is 282 g/mol. The van der Waals surface area contributed by atoms with E-state index in [4.69, 9.17) is 0 Å². The van der Waals surface area contributed by atoms with E-state index in [1.807, 2.05) is 13.8 Å². The maximum atomic E-state index is 13.0. The number of carbonyl (C=O) groups excluding carboxylic acids is 1. The summed E-state index contributed by atoms with van der Waals surface area (Å²) in [6.45, 7) is 6.14. The number of rotatable bonds is 5. The highest BCUT2D eigenvalue weighted by molar-refractivity contribution is 5.91. The molecule has 2 unspecified atom stereocenters. The average Bonchev–Trinajstić information content (AvgIpc) is 3.06. The molecule has 5 heteroatoms. The first-order valence-electron chi connectivity index (χ1n) is 7.78. The largest absolute Gasteiger partial charge is 0.479 e. The first kappa shape index (κ1) is 15.3. The summed E-state index contributed by atoms with van der Waals surface area (Å²) in [7, 11) is 0. The molecule has 0 saturated carbocycles. The molecular weight excluding hydrogens is 256 g/mol. The lowest BCUT2D eigenvalue weighted by atomic mass is 9.80. The Balaban J connectivity index is 2.29. The maximum Gasteiger partial charge on any atom is 0.329 e. The van der Waals surface area contributed by atoms with Crippen molar-refractivity contribution in [2.45, 2.75) is 57.9 Å². The molecule has 0 aromatic carbocycles. The van der Waals surface area contributed by atoms with Crippen molar-refractivity contribution in [1.82, 2.24) is 10.2 Å². The maximum absolute atomic E-state index is 13.0. The van der Waals surface area contributed by atoms with E-state index in [9.17, 15) is 14.7 Å². The third-order valence-electron chi connectivity index (χ3n) is 5.17. The Kier molecular flexibility index (Phi) is 4.37. The Morgan fingerprint density at radius 1 is 1.30 bits per heavy atom. The minimum atomic E-state index is -0.962. The van der Waals surface area contributed by atoms with Crippen LogP contribution in [0.2, 0.25) is 0 Å². The summed E-state index contributed by atoms with van der Waals surface area (Å²) in [6.07, 6.45) is 4.33. The molecule has 114 valence electrons. The lowest BCUT2D eigenvalue weighted by Gasteiger charge is -2.40. The van der Waals surface area contributed by atoms with E-state index in [0.29, 0.717) is 25.9 Å². The van der Waals surface area contributed by atoms with Gasteiger partial charge < -0.3 is 15.3 Å². The van der Waals surface area contributed by atoms with Crippen LogP contribution in [0.4, 0.5) is 0 Å². The molecule has 2 aliphatic rings. The second kappa shape index (κ2) is 5.72. The molecule has 5 nitrogen and oxygen atoms in total. The van der Waals surface area contributed by atoms with Gasteiger partial charge in [0.05, 0.1) is 5.41 Å². The van der Waals surface area contributed by atoms with Gasteiger partial charge in [-0.15, -0.1) is 0 Å². The fourth-order valence-electron chi connectivity index (χ4n) is 3.84. The number of carbonyl (C=O) groups is 2. The number of nitrogens with one attached hydrogen (secondary N) is 1. The smallest absolute Gasteiger partial charge is 0.329 e. The summed E-state index contributed by atoms with van der Waals surface area (Å²) in [4.78, 5) is 26.5. The number of aliphatic carboxylic acids is 1. The van der Waals surface area contributed by atoms with Gasteiger partial charge in [-0.1, -0.05) is 20.3 Å². The molecule has 2 fully saturated rings. The van der Waals surface area contributed by atoms with Gasteiger partial charge in [-0.3, -0.25) is 4.79 Å². The summed E-state index contributed by atoms with van der Waals surface area (Å²) in [5.74, 6) is -0.777. The second-order valence-electron chi connectivity index (χ2n) is 6.21. The molecule has 1 amide bonds. The van der Waals surface area contributed by atoms with Crippen molar-refractivity contribution in [2.75, 3.05) is 19.6 Å². The zero-order valence-corrected chi connectivity index (χ0v) is 12.6. The number of likely N-dealkylation sites (tertiary alicyclic amines) is 1. The van der Waals surface area contributed by atoms with E-state index >= 15 is 0 Å². The third kappa shape index (κ3) is 2.22. The number of carboxylic acid groups (broad SMARTS) is 1. The lowest BCUT2D eigenvalue weighted by Crippen LogP contribution is -2.57. The molecule has 2 atom stereocenters. The summed E-state index contributed by atoms with van der Waals surface area (Å²) < 4.78 is 0. The SMILES string of the molecule is CCCC1(C(=O)O)CCCN1C(=O)C1(CC)CCNC1. The number of amides is 1. The third-order valence-corrected chi connectivity index (χ3v) is 5.17. The number of nitrogens with zero attached hydrogens (tertiary/aromatic N) is 1. The van der Waals surface area contributed by atoms with E-state index in [1.54, 1.807) is 4.90 Å². The standard InChI is InChI=1S/C15H26N2O3/c1-3-6-15(13(19)20)7-5-10-17(15)12(18)14(4-2)8-9-16-11-14/h16H,3-11H2,1-2H3,(H,19,20). The summed E-state index contributed by atoms with van der Waals surface area (Å²) in [5, 5.41) is 13.0. The number of hydrogen-bond acceptors (Lipinski definition) is 3.